The molecule has 2 fully saturated rings. The Morgan fingerprint density at radius 1 is 1.15 bits per heavy atom. The van der Waals surface area contributed by atoms with Crippen molar-refractivity contribution in [3.05, 3.63) is 55.2 Å². The minimum Gasteiger partial charge on any atom is -0.408 e. The number of nitrogens with two attached hydrogens (primary N) is 1. The van der Waals surface area contributed by atoms with Gasteiger partial charge >= 0.3 is 11.4 Å². The van der Waals surface area contributed by atoms with Crippen LogP contribution in [0.4, 0.5) is 5.95 Å². The molecule has 0 amide bonds. The standard InChI is InChI=1S/C27H29N7O5/c1-3-4-13-32-22-23(29-25(32)31-12-6-7-16(28)14-31)34(17-10-11-17)26(37)33(24(22)36)15-19(35)18-8-5-9-20-21(18)30(2)27(38)39-20/h5,8-9,16-17H,6-7,10-15,28H2,1-2H3/t16-/m1/s1. The van der Waals surface area contributed by atoms with Gasteiger partial charge in [-0.1, -0.05) is 12.0 Å². The number of oxazole rings is 1. The van der Waals surface area contributed by atoms with Crippen LogP contribution in [0, 0.1) is 11.8 Å². The van der Waals surface area contributed by atoms with Crippen LogP contribution < -0.4 is 27.6 Å². The average molecular weight is 532 g/mol. The van der Waals surface area contributed by atoms with Gasteiger partial charge in [-0.15, -0.1) is 5.92 Å². The van der Waals surface area contributed by atoms with E-state index >= 15 is 0 Å². The molecule has 4 heterocycles. The molecule has 0 bridgehead atoms. The van der Waals surface area contributed by atoms with Crippen molar-refractivity contribution in [2.24, 2.45) is 12.8 Å². The number of para-hydroxylation sites is 1. The molecule has 12 heteroatoms. The average Bonchev–Trinajstić information content (AvgIpc) is 3.61. The van der Waals surface area contributed by atoms with Gasteiger partial charge in [0.05, 0.1) is 13.1 Å². The molecule has 0 radical (unpaired) electrons. The first-order chi connectivity index (χ1) is 18.8. The van der Waals surface area contributed by atoms with E-state index in [1.54, 1.807) is 34.3 Å². The van der Waals surface area contributed by atoms with E-state index in [-0.39, 0.29) is 35.3 Å². The third kappa shape index (κ3) is 4.10. The molecule has 1 aromatic carbocycles. The molecule has 6 rings (SSSR count). The van der Waals surface area contributed by atoms with Crippen molar-refractivity contribution in [3.63, 3.8) is 0 Å². The lowest BCUT2D eigenvalue weighted by atomic mass is 10.1. The van der Waals surface area contributed by atoms with Gasteiger partial charge in [-0.05, 0) is 44.7 Å². The first kappa shape index (κ1) is 24.9. The Hall–Kier alpha value is -4.37. The van der Waals surface area contributed by atoms with Gasteiger partial charge in [0.15, 0.2) is 22.5 Å². The smallest absolute Gasteiger partial charge is 0.408 e. The van der Waals surface area contributed by atoms with Gasteiger partial charge in [-0.3, -0.25) is 27.9 Å². The van der Waals surface area contributed by atoms with Crippen molar-refractivity contribution in [1.29, 1.82) is 0 Å². The van der Waals surface area contributed by atoms with Gasteiger partial charge in [0, 0.05) is 37.8 Å². The maximum Gasteiger partial charge on any atom is 0.419 e. The Morgan fingerprint density at radius 3 is 2.67 bits per heavy atom. The van der Waals surface area contributed by atoms with Gasteiger partial charge < -0.3 is 15.1 Å². The molecule has 2 aliphatic rings. The monoisotopic (exact) mass is 531 g/mol. The molecule has 1 aliphatic heterocycles. The Morgan fingerprint density at radius 2 is 1.95 bits per heavy atom. The van der Waals surface area contributed by atoms with Gasteiger partial charge in [-0.2, -0.15) is 4.98 Å². The number of aromatic nitrogens is 5. The predicted octanol–water partition coefficient (Wildman–Crippen LogP) is 0.973. The Kier molecular flexibility index (Phi) is 6.03. The molecule has 4 aromatic rings. The van der Waals surface area contributed by atoms with E-state index in [0.29, 0.717) is 23.7 Å². The molecular formula is C27H29N7O5. The fourth-order valence-corrected chi connectivity index (χ4v) is 5.44. The molecular weight excluding hydrogens is 502 g/mol. The third-order valence-corrected chi connectivity index (χ3v) is 7.52. The van der Waals surface area contributed by atoms with Crippen LogP contribution in [0.2, 0.25) is 0 Å². The number of fused-ring (bicyclic) bond motifs is 2. The molecule has 0 unspecified atom stereocenters. The summed E-state index contributed by atoms with van der Waals surface area (Å²) in [5.74, 6) is 5.36. The largest absolute Gasteiger partial charge is 0.419 e. The van der Waals surface area contributed by atoms with Crippen molar-refractivity contribution in [1.82, 2.24) is 23.3 Å². The van der Waals surface area contributed by atoms with Crippen LogP contribution in [0.25, 0.3) is 22.3 Å². The molecule has 2 N–H and O–H groups in total. The van der Waals surface area contributed by atoms with E-state index in [4.69, 9.17) is 15.1 Å². The number of carbonyl (C=O) groups is 1. The van der Waals surface area contributed by atoms with Gasteiger partial charge in [0.2, 0.25) is 5.95 Å². The lowest BCUT2D eigenvalue weighted by Gasteiger charge is -2.31. The Labute approximate surface area is 222 Å². The number of Topliss-reactive ketones (excluding diaryl/α,β-unsaturated/α-hetero) is 1. The molecule has 1 atom stereocenters. The summed E-state index contributed by atoms with van der Waals surface area (Å²) in [6, 6.07) is 4.62. The van der Waals surface area contributed by atoms with E-state index in [0.717, 1.165) is 36.8 Å². The number of aryl methyl sites for hydroxylation is 1. The second-order valence-electron chi connectivity index (χ2n) is 10.2. The van der Waals surface area contributed by atoms with Gasteiger partial charge in [0.1, 0.15) is 5.52 Å². The lowest BCUT2D eigenvalue weighted by molar-refractivity contribution is 0.0970. The van der Waals surface area contributed by atoms with Crippen molar-refractivity contribution in [2.45, 2.75) is 57.8 Å². The minimum atomic E-state index is -0.606. The maximum atomic E-state index is 14.0. The number of benzene rings is 1. The zero-order valence-corrected chi connectivity index (χ0v) is 21.8. The van der Waals surface area contributed by atoms with Crippen molar-refractivity contribution in [3.8, 4) is 11.8 Å². The van der Waals surface area contributed by atoms with Crippen LogP contribution in [-0.4, -0.2) is 48.2 Å². The highest BCUT2D eigenvalue weighted by Crippen LogP contribution is 2.36. The third-order valence-electron chi connectivity index (χ3n) is 7.52. The van der Waals surface area contributed by atoms with E-state index in [2.05, 4.69) is 11.8 Å². The zero-order valence-electron chi connectivity index (χ0n) is 21.8. The van der Waals surface area contributed by atoms with Crippen LogP contribution in [0.5, 0.6) is 0 Å². The molecule has 1 aliphatic carbocycles. The summed E-state index contributed by atoms with van der Waals surface area (Å²) in [5.41, 5.74) is 6.37. The van der Waals surface area contributed by atoms with E-state index in [9.17, 15) is 19.2 Å². The molecule has 1 saturated carbocycles. The quantitative estimate of drug-likeness (QED) is 0.286. The number of imidazole rings is 1. The number of rotatable bonds is 6. The first-order valence-electron chi connectivity index (χ1n) is 13.1. The molecule has 3 aromatic heterocycles. The van der Waals surface area contributed by atoms with Gasteiger partial charge in [-0.25, -0.2) is 9.59 Å². The van der Waals surface area contributed by atoms with Crippen LogP contribution in [0.15, 0.2) is 37.0 Å². The highest BCUT2D eigenvalue weighted by molar-refractivity contribution is 6.05. The van der Waals surface area contributed by atoms with E-state index in [1.165, 1.54) is 11.6 Å². The summed E-state index contributed by atoms with van der Waals surface area (Å²) < 4.78 is 10.7. The number of piperidine rings is 1. The number of carbonyl (C=O) groups excluding carboxylic acids is 1. The normalized spacial score (nSPS) is 17.5. The van der Waals surface area contributed by atoms with E-state index < -0.39 is 29.3 Å². The van der Waals surface area contributed by atoms with Crippen molar-refractivity contribution in [2.75, 3.05) is 18.0 Å². The molecule has 0 spiro atoms. The molecule has 202 valence electrons. The summed E-state index contributed by atoms with van der Waals surface area (Å²) >= 11 is 0. The molecule has 1 saturated heterocycles. The Balaban J connectivity index is 1.54. The van der Waals surface area contributed by atoms with E-state index in [1.807, 2.05) is 4.90 Å². The topological polar surface area (TPSA) is 143 Å². The summed E-state index contributed by atoms with van der Waals surface area (Å²) in [7, 11) is 1.50. The number of nitrogens with zero attached hydrogens (tertiary/aromatic N) is 6. The minimum absolute atomic E-state index is 0.0224. The summed E-state index contributed by atoms with van der Waals surface area (Å²) in [4.78, 5) is 60.2. The second kappa shape index (κ2) is 9.43. The van der Waals surface area contributed by atoms with Crippen molar-refractivity contribution >= 4 is 34.0 Å². The zero-order chi connectivity index (χ0) is 27.4. The lowest BCUT2D eigenvalue weighted by Crippen LogP contribution is -2.44. The number of anilines is 1. The SMILES string of the molecule is CC#CCn1c(N2CCC[C@@H](N)C2)nc2c1c(=O)n(CC(=O)c1cccc3oc(=O)n(C)c13)c(=O)n2C1CC1. The maximum absolute atomic E-state index is 14.0. The number of hydrogen-bond donors (Lipinski definition) is 1. The van der Waals surface area contributed by atoms with Crippen molar-refractivity contribution < 1.29 is 9.21 Å². The predicted molar refractivity (Wildman–Crippen MR) is 145 cm³/mol. The summed E-state index contributed by atoms with van der Waals surface area (Å²) in [5, 5.41) is 0. The van der Waals surface area contributed by atoms with Gasteiger partial charge in [0.25, 0.3) is 5.56 Å². The highest BCUT2D eigenvalue weighted by atomic mass is 16.4. The highest BCUT2D eigenvalue weighted by Gasteiger charge is 2.33. The fraction of sp³-hybridized carbons (Fsp3) is 0.444. The van der Waals surface area contributed by atoms with Crippen LogP contribution in [0.1, 0.15) is 49.0 Å². The Bertz CT molecular complexity index is 1870. The number of ketones is 1. The molecule has 12 nitrogen and oxygen atoms in total. The first-order valence-corrected chi connectivity index (χ1v) is 13.1. The van der Waals surface area contributed by atoms with Crippen LogP contribution >= 0.6 is 0 Å². The number of hydrogen-bond acceptors (Lipinski definition) is 8. The fourth-order valence-electron chi connectivity index (χ4n) is 5.44. The summed E-state index contributed by atoms with van der Waals surface area (Å²) in [6.45, 7) is 2.74. The molecule has 39 heavy (non-hydrogen) atoms. The second-order valence-corrected chi connectivity index (χ2v) is 10.2. The van der Waals surface area contributed by atoms with Crippen LogP contribution in [-0.2, 0) is 20.1 Å². The van der Waals surface area contributed by atoms with Crippen LogP contribution in [0.3, 0.4) is 0 Å². The summed E-state index contributed by atoms with van der Waals surface area (Å²) in [6.07, 6.45) is 3.36.